The van der Waals surface area contributed by atoms with Gasteiger partial charge in [-0.3, -0.25) is 0 Å². The molecule has 1 heteroatoms. The Hall–Kier alpha value is -0.570. The summed E-state index contributed by atoms with van der Waals surface area (Å²) in [7, 11) is 0. The Kier molecular flexibility index (Phi) is 3.06. The first-order chi connectivity index (χ1) is 6.75. The molecule has 0 radical (unpaired) electrons. The van der Waals surface area contributed by atoms with Crippen molar-refractivity contribution in [3.63, 3.8) is 0 Å². The van der Waals surface area contributed by atoms with E-state index < -0.39 is 0 Å². The molecule has 0 amide bonds. The average molecular weight is 296 g/mol. The minimum absolute atomic E-state index is 1.18. The van der Waals surface area contributed by atoms with E-state index in [9.17, 15) is 0 Å². The van der Waals surface area contributed by atoms with Gasteiger partial charge in [-0.15, -0.1) is 0 Å². The molecule has 0 saturated carbocycles. The minimum atomic E-state index is 1.18. The van der Waals surface area contributed by atoms with Gasteiger partial charge in [-0.1, -0.05) is 29.9 Å². The Bertz CT molecular complexity index is 399. The first-order valence-corrected chi connectivity index (χ1v) is 5.97. The Morgan fingerprint density at radius 3 is 2.86 bits per heavy atom. The standard InChI is InChI=1S/C13H13I/c1-10-4-2-5-11(8-10)12-6-3-7-13(14)9-12/h3,5-9H,2,4H2,1H3. The smallest absolute Gasteiger partial charge is 0.0136 e. The molecular formula is C13H13I. The van der Waals surface area contributed by atoms with Crippen LogP contribution in [0.4, 0.5) is 0 Å². The van der Waals surface area contributed by atoms with Gasteiger partial charge in [-0.05, 0) is 65.6 Å². The van der Waals surface area contributed by atoms with Crippen LogP contribution in [0.3, 0.4) is 0 Å². The van der Waals surface area contributed by atoms with E-state index in [0.717, 1.165) is 0 Å². The maximum Gasteiger partial charge on any atom is 0.0136 e. The third-order valence-electron chi connectivity index (χ3n) is 2.46. The molecule has 1 aromatic carbocycles. The zero-order valence-electron chi connectivity index (χ0n) is 8.26. The van der Waals surface area contributed by atoms with E-state index in [4.69, 9.17) is 0 Å². The van der Waals surface area contributed by atoms with Crippen LogP contribution in [-0.2, 0) is 0 Å². The van der Waals surface area contributed by atoms with Crippen LogP contribution in [0, 0.1) is 3.57 Å². The second-order valence-electron chi connectivity index (χ2n) is 3.70. The lowest BCUT2D eigenvalue weighted by Crippen LogP contribution is -1.90. The molecule has 0 spiro atoms. The molecule has 0 N–H and O–H groups in total. The Morgan fingerprint density at radius 2 is 2.14 bits per heavy atom. The predicted octanol–water partition coefficient (Wildman–Crippen LogP) is 4.41. The molecule has 0 nitrogen and oxygen atoms in total. The van der Waals surface area contributed by atoms with Crippen molar-refractivity contribution in [2.45, 2.75) is 19.8 Å². The van der Waals surface area contributed by atoms with E-state index in [1.807, 2.05) is 0 Å². The summed E-state index contributed by atoms with van der Waals surface area (Å²) in [5.41, 5.74) is 4.21. The number of halogens is 1. The van der Waals surface area contributed by atoms with E-state index in [2.05, 4.69) is 65.9 Å². The maximum atomic E-state index is 2.36. The summed E-state index contributed by atoms with van der Waals surface area (Å²) in [6, 6.07) is 8.67. The highest BCUT2D eigenvalue weighted by molar-refractivity contribution is 14.1. The molecular weight excluding hydrogens is 283 g/mol. The van der Waals surface area contributed by atoms with E-state index in [-0.39, 0.29) is 0 Å². The van der Waals surface area contributed by atoms with E-state index in [1.54, 1.807) is 0 Å². The van der Waals surface area contributed by atoms with Crippen molar-refractivity contribution in [2.24, 2.45) is 0 Å². The van der Waals surface area contributed by atoms with Crippen molar-refractivity contribution in [1.82, 2.24) is 0 Å². The van der Waals surface area contributed by atoms with Crippen molar-refractivity contribution < 1.29 is 0 Å². The number of rotatable bonds is 1. The SMILES string of the molecule is CC1=CC(c2cccc(I)c2)=CCC1. The number of hydrogen-bond donors (Lipinski definition) is 0. The third-order valence-corrected chi connectivity index (χ3v) is 3.13. The van der Waals surface area contributed by atoms with Crippen LogP contribution >= 0.6 is 22.6 Å². The highest BCUT2D eigenvalue weighted by atomic mass is 127. The first-order valence-electron chi connectivity index (χ1n) is 4.89. The van der Waals surface area contributed by atoms with Gasteiger partial charge in [0.1, 0.15) is 0 Å². The normalized spacial score (nSPS) is 16.1. The zero-order valence-corrected chi connectivity index (χ0v) is 10.4. The van der Waals surface area contributed by atoms with Gasteiger partial charge in [0, 0.05) is 3.57 Å². The molecule has 0 fully saturated rings. The van der Waals surface area contributed by atoms with E-state index >= 15 is 0 Å². The fraction of sp³-hybridized carbons (Fsp3) is 0.231. The average Bonchev–Trinajstić information content (AvgIpc) is 2.18. The summed E-state index contributed by atoms with van der Waals surface area (Å²) < 4.78 is 1.30. The van der Waals surface area contributed by atoms with Gasteiger partial charge in [-0.25, -0.2) is 0 Å². The molecule has 0 atom stereocenters. The van der Waals surface area contributed by atoms with E-state index in [1.165, 1.54) is 33.1 Å². The Balaban J connectivity index is 2.36. The van der Waals surface area contributed by atoms with Crippen molar-refractivity contribution >= 4 is 28.2 Å². The molecule has 0 heterocycles. The molecule has 1 aromatic rings. The summed E-state index contributed by atoms with van der Waals surface area (Å²) in [5, 5.41) is 0. The molecule has 0 aromatic heterocycles. The predicted molar refractivity (Wildman–Crippen MR) is 70.1 cm³/mol. The Labute approximate surface area is 98.9 Å². The summed E-state index contributed by atoms with van der Waals surface area (Å²) in [6.45, 7) is 2.21. The minimum Gasteiger partial charge on any atom is -0.0763 e. The molecule has 2 rings (SSSR count). The van der Waals surface area contributed by atoms with Crippen LogP contribution in [-0.4, -0.2) is 0 Å². The van der Waals surface area contributed by atoms with Crippen molar-refractivity contribution in [3.05, 3.63) is 51.1 Å². The topological polar surface area (TPSA) is 0 Å². The molecule has 0 bridgehead atoms. The molecule has 14 heavy (non-hydrogen) atoms. The van der Waals surface area contributed by atoms with Crippen molar-refractivity contribution in [1.29, 1.82) is 0 Å². The maximum absolute atomic E-state index is 2.36. The van der Waals surface area contributed by atoms with Crippen LogP contribution in [0.25, 0.3) is 5.57 Å². The lowest BCUT2D eigenvalue weighted by molar-refractivity contribution is 0.966. The largest absolute Gasteiger partial charge is 0.0763 e. The molecule has 0 aliphatic heterocycles. The Morgan fingerprint density at radius 1 is 1.29 bits per heavy atom. The highest BCUT2D eigenvalue weighted by Crippen LogP contribution is 2.25. The number of benzene rings is 1. The molecule has 0 saturated heterocycles. The van der Waals surface area contributed by atoms with Crippen molar-refractivity contribution in [2.75, 3.05) is 0 Å². The lowest BCUT2D eigenvalue weighted by atomic mass is 9.95. The van der Waals surface area contributed by atoms with Crippen LogP contribution < -0.4 is 0 Å². The second-order valence-corrected chi connectivity index (χ2v) is 4.94. The lowest BCUT2D eigenvalue weighted by Gasteiger charge is -2.11. The molecule has 72 valence electrons. The summed E-state index contributed by atoms with van der Waals surface area (Å²) >= 11 is 2.36. The van der Waals surface area contributed by atoms with Crippen LogP contribution in [0.1, 0.15) is 25.3 Å². The summed E-state index contributed by atoms with van der Waals surface area (Å²) in [6.07, 6.45) is 7.03. The summed E-state index contributed by atoms with van der Waals surface area (Å²) in [4.78, 5) is 0. The second kappa shape index (κ2) is 4.30. The molecule has 1 aliphatic rings. The summed E-state index contributed by atoms with van der Waals surface area (Å²) in [5.74, 6) is 0. The van der Waals surface area contributed by atoms with Crippen LogP contribution in [0.2, 0.25) is 0 Å². The first kappa shape index (κ1) is 9.97. The van der Waals surface area contributed by atoms with Gasteiger partial charge in [0.2, 0.25) is 0 Å². The molecule has 0 unspecified atom stereocenters. The van der Waals surface area contributed by atoms with Gasteiger partial charge in [0.05, 0.1) is 0 Å². The molecule has 1 aliphatic carbocycles. The number of allylic oxidation sites excluding steroid dienone is 4. The van der Waals surface area contributed by atoms with Gasteiger partial charge in [0.25, 0.3) is 0 Å². The highest BCUT2D eigenvalue weighted by Gasteiger charge is 2.04. The van der Waals surface area contributed by atoms with Crippen LogP contribution in [0.5, 0.6) is 0 Å². The van der Waals surface area contributed by atoms with Gasteiger partial charge in [0.15, 0.2) is 0 Å². The quantitative estimate of drug-likeness (QED) is 0.673. The fourth-order valence-corrected chi connectivity index (χ4v) is 2.26. The zero-order chi connectivity index (χ0) is 9.97. The van der Waals surface area contributed by atoms with Crippen LogP contribution in [0.15, 0.2) is 42.0 Å². The third kappa shape index (κ3) is 2.27. The van der Waals surface area contributed by atoms with Crippen molar-refractivity contribution in [3.8, 4) is 0 Å². The monoisotopic (exact) mass is 296 g/mol. The number of hydrogen-bond acceptors (Lipinski definition) is 0. The fourth-order valence-electron chi connectivity index (χ4n) is 1.72. The van der Waals surface area contributed by atoms with Gasteiger partial charge >= 0.3 is 0 Å². The van der Waals surface area contributed by atoms with Gasteiger partial charge in [-0.2, -0.15) is 0 Å². The van der Waals surface area contributed by atoms with E-state index in [0.29, 0.717) is 0 Å². The van der Waals surface area contributed by atoms with Gasteiger partial charge < -0.3 is 0 Å².